The van der Waals surface area contributed by atoms with Crippen LogP contribution in [0, 0.1) is 10.5 Å². The highest BCUT2D eigenvalue weighted by atomic mass is 32.2. The van der Waals surface area contributed by atoms with Gasteiger partial charge in [-0.1, -0.05) is 5.59 Å². The lowest BCUT2D eigenvalue weighted by Crippen LogP contribution is -2.08. The zero-order valence-electron chi connectivity index (χ0n) is 3.16. The van der Waals surface area contributed by atoms with Crippen LogP contribution in [-0.4, -0.2) is 13.0 Å². The molecule has 6 nitrogen and oxygen atoms in total. The van der Waals surface area contributed by atoms with E-state index in [0.29, 0.717) is 0 Å². The molecule has 0 spiro atoms. The van der Waals surface area contributed by atoms with Gasteiger partial charge in [0.15, 0.2) is 0 Å². The maximum Gasteiger partial charge on any atom is 0.330 e. The van der Waals surface area contributed by atoms with Gasteiger partial charge in [0.2, 0.25) is 0 Å². The van der Waals surface area contributed by atoms with E-state index < -0.39 is 10.3 Å². The van der Waals surface area contributed by atoms with Crippen molar-refractivity contribution in [2.75, 3.05) is 0 Å². The summed E-state index contributed by atoms with van der Waals surface area (Å²) in [6, 6.07) is 0. The molecular formula is H4N2O4S. The second-order valence-electron chi connectivity index (χ2n) is 0.515. The zero-order valence-corrected chi connectivity index (χ0v) is 3.97. The highest BCUT2D eigenvalue weighted by Gasteiger charge is 1.81. The lowest BCUT2D eigenvalue weighted by molar-refractivity contribution is 0.485. The summed E-state index contributed by atoms with van der Waals surface area (Å²) in [6.45, 7) is 0. The molecular weight excluding hydrogens is 124 g/mol. The van der Waals surface area contributed by atoms with E-state index in [1.54, 1.807) is 0 Å². The Kier molecular flexibility index (Phi) is 5.06. The zero-order chi connectivity index (χ0) is 6.50. The van der Waals surface area contributed by atoms with Crippen LogP contribution in [0.2, 0.25) is 0 Å². The predicted octanol–water partition coefficient (Wildman–Crippen LogP) is -0.921. The first-order valence-corrected chi connectivity index (χ1v) is 2.46. The second-order valence-corrected chi connectivity index (χ2v) is 1.54. The Hall–Kier alpha value is -0.530. The SMILES string of the molecule is N=O.NS(=O)(=O)O. The number of hydrogen-bond donors (Lipinski definition) is 3. The Bertz CT molecular complexity index is 104. The Morgan fingerprint density at radius 3 is 1.43 bits per heavy atom. The topological polar surface area (TPSA) is 121 Å². The Morgan fingerprint density at radius 2 is 1.43 bits per heavy atom. The van der Waals surface area contributed by atoms with Crippen LogP contribution in [0.4, 0.5) is 0 Å². The Morgan fingerprint density at radius 1 is 1.43 bits per heavy atom. The van der Waals surface area contributed by atoms with E-state index in [0.717, 1.165) is 0 Å². The highest BCUT2D eigenvalue weighted by molar-refractivity contribution is 7.83. The molecule has 4 N–H and O–H groups in total. The lowest BCUT2D eigenvalue weighted by Gasteiger charge is -1.70. The van der Waals surface area contributed by atoms with Crippen molar-refractivity contribution in [1.29, 1.82) is 5.59 Å². The molecule has 0 fully saturated rings. The van der Waals surface area contributed by atoms with Crippen LogP contribution in [0.3, 0.4) is 0 Å². The van der Waals surface area contributed by atoms with E-state index in [1.165, 1.54) is 0 Å². The average molecular weight is 128 g/mol. The van der Waals surface area contributed by atoms with Gasteiger partial charge in [-0.15, -0.1) is 0 Å². The number of hydrogen-bond acceptors (Lipinski definition) is 4. The van der Waals surface area contributed by atoms with Crippen molar-refractivity contribution >= 4 is 10.3 Å². The van der Waals surface area contributed by atoms with Crippen molar-refractivity contribution in [3.8, 4) is 0 Å². The average Bonchev–Trinajstić information content (AvgIpc) is 1.36. The van der Waals surface area contributed by atoms with Gasteiger partial charge in [0, 0.05) is 0 Å². The molecule has 7 heavy (non-hydrogen) atoms. The normalized spacial score (nSPS) is 8.86. The van der Waals surface area contributed by atoms with Gasteiger partial charge in [-0.05, 0) is 0 Å². The maximum atomic E-state index is 8.97. The van der Waals surface area contributed by atoms with Gasteiger partial charge in [-0.3, -0.25) is 4.55 Å². The summed E-state index contributed by atoms with van der Waals surface area (Å²) in [4.78, 5) is 7.50. The molecule has 0 aliphatic carbocycles. The van der Waals surface area contributed by atoms with Gasteiger partial charge in [-0.25, -0.2) is 5.14 Å². The number of nitrogens with one attached hydrogen (secondary N) is 1. The molecule has 0 bridgehead atoms. The minimum absolute atomic E-state index is 3.88. The molecule has 0 aromatic heterocycles. The minimum Gasteiger partial charge on any atom is -0.274 e. The van der Waals surface area contributed by atoms with Gasteiger partial charge in [-0.2, -0.15) is 13.3 Å². The molecule has 0 aliphatic rings. The smallest absolute Gasteiger partial charge is 0.274 e. The van der Waals surface area contributed by atoms with Crippen molar-refractivity contribution in [3.05, 3.63) is 4.91 Å². The van der Waals surface area contributed by atoms with Crippen LogP contribution >= 0.6 is 0 Å². The van der Waals surface area contributed by atoms with Crippen molar-refractivity contribution < 1.29 is 13.0 Å². The molecule has 0 atom stereocenters. The summed E-state index contributed by atoms with van der Waals surface area (Å²) in [5.74, 6) is 0. The van der Waals surface area contributed by atoms with Crippen LogP contribution in [0.5, 0.6) is 0 Å². The van der Waals surface area contributed by atoms with Gasteiger partial charge < -0.3 is 0 Å². The fourth-order valence-corrected chi connectivity index (χ4v) is 0. The number of nitroso groups, excluding NO2 is 1. The van der Waals surface area contributed by atoms with E-state index in [9.17, 15) is 0 Å². The largest absolute Gasteiger partial charge is 0.330 e. The number of rotatable bonds is 0. The summed E-state index contributed by atoms with van der Waals surface area (Å²) in [7, 11) is -4.17. The summed E-state index contributed by atoms with van der Waals surface area (Å²) in [5.41, 5.74) is 4.50. The molecule has 0 saturated carbocycles. The lowest BCUT2D eigenvalue weighted by atomic mass is 13.8. The summed E-state index contributed by atoms with van der Waals surface area (Å²) >= 11 is 0. The first kappa shape index (κ1) is 9.69. The predicted molar refractivity (Wildman–Crippen MR) is 21.8 cm³/mol. The standard InChI is InChI=1S/H3NO3S.HNO/c1-5(2,3)4;1-2/h(H3,1,2,3,4);1H. The van der Waals surface area contributed by atoms with Crippen molar-refractivity contribution in [2.45, 2.75) is 0 Å². The third kappa shape index (κ3) is 234. The first-order chi connectivity index (χ1) is 3.00. The van der Waals surface area contributed by atoms with E-state index in [4.69, 9.17) is 17.9 Å². The van der Waals surface area contributed by atoms with Crippen LogP contribution in [0.25, 0.3) is 0 Å². The quantitative estimate of drug-likeness (QED) is 0.288. The second kappa shape index (κ2) is 3.65. The summed E-state index contributed by atoms with van der Waals surface area (Å²) < 4.78 is 25.2. The third-order valence-electron chi connectivity index (χ3n) is 0. The van der Waals surface area contributed by atoms with Crippen LogP contribution in [0.1, 0.15) is 0 Å². The van der Waals surface area contributed by atoms with E-state index in [1.807, 2.05) is 0 Å². The van der Waals surface area contributed by atoms with Gasteiger partial charge in [0.1, 0.15) is 0 Å². The van der Waals surface area contributed by atoms with Crippen LogP contribution in [0.15, 0.2) is 0 Å². The first-order valence-electron chi connectivity index (χ1n) is 0.956. The summed E-state index contributed by atoms with van der Waals surface area (Å²) in [5, 5.41) is 3.88. The Balaban J connectivity index is 0. The van der Waals surface area contributed by atoms with E-state index >= 15 is 0 Å². The maximum absolute atomic E-state index is 8.97. The third-order valence-corrected chi connectivity index (χ3v) is 0. The molecule has 0 rings (SSSR count). The molecule has 7 heteroatoms. The molecule has 0 amide bonds. The molecule has 0 unspecified atom stereocenters. The van der Waals surface area contributed by atoms with Crippen molar-refractivity contribution in [1.82, 2.24) is 0 Å². The van der Waals surface area contributed by atoms with Crippen LogP contribution < -0.4 is 5.14 Å². The van der Waals surface area contributed by atoms with E-state index in [2.05, 4.69) is 10.7 Å². The monoisotopic (exact) mass is 128 g/mol. The Labute approximate surface area is 40.0 Å². The van der Waals surface area contributed by atoms with E-state index in [-0.39, 0.29) is 0 Å². The molecule has 0 radical (unpaired) electrons. The van der Waals surface area contributed by atoms with Gasteiger partial charge >= 0.3 is 10.3 Å². The fraction of sp³-hybridized carbons (Fsp3) is 0. The molecule has 44 valence electrons. The molecule has 0 aromatic rings. The number of nitrogens with two attached hydrogens (primary N) is 1. The van der Waals surface area contributed by atoms with Crippen molar-refractivity contribution in [2.24, 2.45) is 5.14 Å². The molecule has 0 saturated heterocycles. The molecule has 0 aliphatic heterocycles. The fourth-order valence-electron chi connectivity index (χ4n) is 0. The van der Waals surface area contributed by atoms with Gasteiger partial charge in [0.25, 0.3) is 0 Å². The highest BCUT2D eigenvalue weighted by Crippen LogP contribution is 1.50. The van der Waals surface area contributed by atoms with Gasteiger partial charge in [0.05, 0.1) is 0 Å². The van der Waals surface area contributed by atoms with Crippen LogP contribution in [-0.2, 0) is 10.3 Å². The molecule has 0 heterocycles. The molecule has 0 aromatic carbocycles. The van der Waals surface area contributed by atoms with Crippen molar-refractivity contribution in [3.63, 3.8) is 0 Å². The minimum atomic E-state index is -4.17. The summed E-state index contributed by atoms with van der Waals surface area (Å²) in [6.07, 6.45) is 0.